The molecule has 4 heteroatoms. The van der Waals surface area contributed by atoms with E-state index in [-0.39, 0.29) is 5.92 Å². The van der Waals surface area contributed by atoms with Crippen molar-refractivity contribution in [3.63, 3.8) is 0 Å². The lowest BCUT2D eigenvalue weighted by Gasteiger charge is -2.17. The van der Waals surface area contributed by atoms with Gasteiger partial charge in [0.05, 0.1) is 11.9 Å². The molecule has 0 radical (unpaired) electrons. The van der Waals surface area contributed by atoms with Crippen LogP contribution in [0.25, 0.3) is 0 Å². The maximum Gasteiger partial charge on any atom is 0.229 e. The van der Waals surface area contributed by atoms with E-state index in [9.17, 15) is 14.7 Å². The monoisotopic (exact) mass is 204 g/mol. The van der Waals surface area contributed by atoms with Gasteiger partial charge in [-0.3, -0.25) is 4.79 Å². The summed E-state index contributed by atoms with van der Waals surface area (Å²) in [7, 11) is 0. The molecule has 1 heterocycles. The van der Waals surface area contributed by atoms with Gasteiger partial charge in [0.15, 0.2) is 0 Å². The number of hydrogen-bond donors (Lipinski definition) is 1. The highest BCUT2D eigenvalue weighted by Gasteiger charge is 2.36. The predicted octanol–water partition coefficient (Wildman–Crippen LogP) is -0.734. The molecule has 1 fully saturated rings. The molecule has 0 aromatic heterocycles. The molecule has 1 N–H and O–H groups in total. The van der Waals surface area contributed by atoms with E-state index in [4.69, 9.17) is 0 Å². The largest absolute Gasteiger partial charge is 0.549 e. The fourth-order valence-electron chi connectivity index (χ4n) is 1.90. The molecule has 1 aromatic rings. The molecule has 15 heavy (non-hydrogen) atoms. The summed E-state index contributed by atoms with van der Waals surface area (Å²) in [5, 5.41) is 13.4. The lowest BCUT2D eigenvalue weighted by atomic mass is 9.89. The van der Waals surface area contributed by atoms with Crippen LogP contribution in [0.5, 0.6) is 0 Å². The lowest BCUT2D eigenvalue weighted by Crippen LogP contribution is -2.38. The van der Waals surface area contributed by atoms with Crippen LogP contribution in [0.15, 0.2) is 30.3 Å². The summed E-state index contributed by atoms with van der Waals surface area (Å²) >= 11 is 0. The Morgan fingerprint density at radius 2 is 2.00 bits per heavy atom. The van der Waals surface area contributed by atoms with Gasteiger partial charge in [-0.25, -0.2) is 0 Å². The Bertz CT molecular complexity index is 388. The third kappa shape index (κ3) is 1.70. The van der Waals surface area contributed by atoms with Crippen molar-refractivity contribution in [3.05, 3.63) is 35.9 Å². The van der Waals surface area contributed by atoms with Crippen LogP contribution >= 0.6 is 0 Å². The Labute approximate surface area is 86.9 Å². The Morgan fingerprint density at radius 3 is 2.60 bits per heavy atom. The van der Waals surface area contributed by atoms with Crippen molar-refractivity contribution in [1.29, 1.82) is 0 Å². The van der Waals surface area contributed by atoms with Crippen LogP contribution < -0.4 is 10.4 Å². The predicted molar refractivity (Wildman–Crippen MR) is 50.7 cm³/mol. The Hall–Kier alpha value is -1.84. The van der Waals surface area contributed by atoms with Gasteiger partial charge < -0.3 is 15.2 Å². The Balaban J connectivity index is 2.30. The van der Waals surface area contributed by atoms with Gasteiger partial charge in [0.2, 0.25) is 5.91 Å². The van der Waals surface area contributed by atoms with Crippen molar-refractivity contribution in [3.8, 4) is 0 Å². The number of nitrogens with one attached hydrogen (secondary N) is 1. The number of carboxylic acid groups (broad SMARTS) is 1. The molecule has 0 spiro atoms. The van der Waals surface area contributed by atoms with Crippen LogP contribution in [-0.2, 0) is 9.59 Å². The van der Waals surface area contributed by atoms with Gasteiger partial charge in [0, 0.05) is 12.5 Å². The fourth-order valence-corrected chi connectivity index (χ4v) is 1.90. The van der Waals surface area contributed by atoms with Crippen molar-refractivity contribution >= 4 is 11.9 Å². The summed E-state index contributed by atoms with van der Waals surface area (Å²) in [4.78, 5) is 22.1. The normalized spacial score (nSPS) is 24.9. The highest BCUT2D eigenvalue weighted by atomic mass is 16.4. The number of amides is 1. The topological polar surface area (TPSA) is 69.2 Å². The van der Waals surface area contributed by atoms with Crippen LogP contribution in [0, 0.1) is 5.92 Å². The van der Waals surface area contributed by atoms with E-state index in [1.54, 1.807) is 0 Å². The van der Waals surface area contributed by atoms with Gasteiger partial charge in [0.25, 0.3) is 0 Å². The second-order valence-corrected chi connectivity index (χ2v) is 3.56. The zero-order valence-corrected chi connectivity index (χ0v) is 7.97. The molecule has 0 unspecified atom stereocenters. The SMILES string of the molecule is O=C([O-])[C@@H]1C(=O)NC[C@@H]1c1ccccc1. The Morgan fingerprint density at radius 1 is 1.33 bits per heavy atom. The number of aliphatic carboxylic acids is 1. The molecular weight excluding hydrogens is 194 g/mol. The van der Waals surface area contributed by atoms with E-state index in [0.717, 1.165) is 5.56 Å². The fraction of sp³-hybridized carbons (Fsp3) is 0.273. The van der Waals surface area contributed by atoms with Gasteiger partial charge >= 0.3 is 0 Å². The van der Waals surface area contributed by atoms with Crippen LogP contribution in [0.2, 0.25) is 0 Å². The lowest BCUT2D eigenvalue weighted by molar-refractivity contribution is -0.310. The maximum absolute atomic E-state index is 11.3. The minimum Gasteiger partial charge on any atom is -0.549 e. The third-order valence-electron chi connectivity index (χ3n) is 2.66. The average molecular weight is 204 g/mol. The van der Waals surface area contributed by atoms with E-state index < -0.39 is 17.8 Å². The molecule has 0 aliphatic carbocycles. The first-order chi connectivity index (χ1) is 7.20. The van der Waals surface area contributed by atoms with E-state index >= 15 is 0 Å². The highest BCUT2D eigenvalue weighted by Crippen LogP contribution is 2.28. The first kappa shape index (κ1) is 9.71. The molecule has 1 aliphatic heterocycles. The van der Waals surface area contributed by atoms with Crippen LogP contribution in [-0.4, -0.2) is 18.4 Å². The second kappa shape index (κ2) is 3.73. The van der Waals surface area contributed by atoms with Crippen LogP contribution in [0.4, 0.5) is 0 Å². The van der Waals surface area contributed by atoms with Crippen molar-refractivity contribution in [2.75, 3.05) is 6.54 Å². The number of carbonyl (C=O) groups excluding carboxylic acids is 2. The molecule has 1 aliphatic rings. The number of hydrogen-bond acceptors (Lipinski definition) is 3. The molecule has 4 nitrogen and oxygen atoms in total. The number of rotatable bonds is 2. The first-order valence-corrected chi connectivity index (χ1v) is 4.73. The highest BCUT2D eigenvalue weighted by molar-refractivity contribution is 5.99. The molecule has 1 saturated heterocycles. The van der Waals surface area contributed by atoms with E-state index in [1.807, 2.05) is 30.3 Å². The number of carboxylic acids is 1. The van der Waals surface area contributed by atoms with Crippen molar-refractivity contribution in [1.82, 2.24) is 5.32 Å². The molecule has 78 valence electrons. The first-order valence-electron chi connectivity index (χ1n) is 4.73. The maximum atomic E-state index is 11.3. The zero-order valence-electron chi connectivity index (χ0n) is 7.97. The summed E-state index contributed by atoms with van der Waals surface area (Å²) < 4.78 is 0. The molecule has 1 aromatic carbocycles. The summed E-state index contributed by atoms with van der Waals surface area (Å²) in [6, 6.07) is 9.14. The molecule has 0 bridgehead atoms. The average Bonchev–Trinajstić information content (AvgIpc) is 2.61. The summed E-state index contributed by atoms with van der Waals surface area (Å²) in [6.45, 7) is 0.363. The minimum absolute atomic E-state index is 0.316. The van der Waals surface area contributed by atoms with Gasteiger partial charge in [0.1, 0.15) is 0 Å². The summed E-state index contributed by atoms with van der Waals surface area (Å²) in [5.74, 6) is -3.14. The van der Waals surface area contributed by atoms with Gasteiger partial charge in [-0.15, -0.1) is 0 Å². The Kier molecular flexibility index (Phi) is 2.41. The molecule has 2 atom stereocenters. The minimum atomic E-state index is -1.31. The quantitative estimate of drug-likeness (QED) is 0.645. The van der Waals surface area contributed by atoms with Crippen LogP contribution in [0.1, 0.15) is 11.5 Å². The number of benzene rings is 1. The number of carbonyl (C=O) groups is 2. The second-order valence-electron chi connectivity index (χ2n) is 3.56. The zero-order chi connectivity index (χ0) is 10.8. The van der Waals surface area contributed by atoms with Crippen molar-refractivity contribution in [2.24, 2.45) is 5.92 Å². The summed E-state index contributed by atoms with van der Waals surface area (Å²) in [6.07, 6.45) is 0. The smallest absolute Gasteiger partial charge is 0.229 e. The van der Waals surface area contributed by atoms with E-state index in [1.165, 1.54) is 0 Å². The van der Waals surface area contributed by atoms with Gasteiger partial charge in [-0.05, 0) is 5.56 Å². The van der Waals surface area contributed by atoms with Crippen LogP contribution in [0.3, 0.4) is 0 Å². The molecule has 1 amide bonds. The molecule has 0 saturated carbocycles. The summed E-state index contributed by atoms with van der Waals surface area (Å²) in [5.41, 5.74) is 0.852. The molecule has 2 rings (SSSR count). The van der Waals surface area contributed by atoms with Gasteiger partial charge in [-0.2, -0.15) is 0 Å². The van der Waals surface area contributed by atoms with Gasteiger partial charge in [-0.1, -0.05) is 30.3 Å². The van der Waals surface area contributed by atoms with E-state index in [2.05, 4.69) is 5.32 Å². The van der Waals surface area contributed by atoms with E-state index in [0.29, 0.717) is 6.54 Å². The standard InChI is InChI=1S/C11H11NO3/c13-10-9(11(14)15)8(6-12-10)7-4-2-1-3-5-7/h1-5,8-9H,6H2,(H,12,13)(H,14,15)/p-1/t8-,9+/m1/s1. The van der Waals surface area contributed by atoms with Crippen molar-refractivity contribution in [2.45, 2.75) is 5.92 Å². The molecular formula is C11H10NO3-. The van der Waals surface area contributed by atoms with Crippen molar-refractivity contribution < 1.29 is 14.7 Å². The third-order valence-corrected chi connectivity index (χ3v) is 2.66.